The number of anilines is 3. The van der Waals surface area contributed by atoms with E-state index in [0.29, 0.717) is 12.2 Å². The molecule has 0 bridgehead atoms. The second-order valence-corrected chi connectivity index (χ2v) is 4.13. The second kappa shape index (κ2) is 6.12. The molecule has 0 unspecified atom stereocenters. The Bertz CT molecular complexity index is 665. The Morgan fingerprint density at radius 3 is 2.81 bits per heavy atom. The molecule has 7 nitrogen and oxygen atoms in total. The van der Waals surface area contributed by atoms with E-state index in [1.807, 2.05) is 0 Å². The van der Waals surface area contributed by atoms with E-state index in [1.54, 1.807) is 31.0 Å². The van der Waals surface area contributed by atoms with Crippen molar-refractivity contribution < 1.29 is 9.31 Å². The van der Waals surface area contributed by atoms with Crippen molar-refractivity contribution in [3.8, 4) is 0 Å². The first kappa shape index (κ1) is 14.6. The van der Waals surface area contributed by atoms with Crippen molar-refractivity contribution in [1.82, 2.24) is 9.97 Å². The van der Waals surface area contributed by atoms with Crippen molar-refractivity contribution in [2.24, 2.45) is 0 Å². The van der Waals surface area contributed by atoms with Crippen molar-refractivity contribution in [2.45, 2.75) is 6.92 Å². The molecule has 2 aromatic rings. The summed E-state index contributed by atoms with van der Waals surface area (Å²) in [5.41, 5.74) is 0.251. The lowest BCUT2D eigenvalue weighted by atomic mass is 10.2. The minimum absolute atomic E-state index is 0.118. The van der Waals surface area contributed by atoms with Gasteiger partial charge in [0.05, 0.1) is 4.92 Å². The molecule has 2 rings (SSSR count). The number of halogens is 1. The Balaban J connectivity index is 2.57. The zero-order chi connectivity index (χ0) is 15.4. The number of aromatic nitrogens is 2. The number of nitrogens with one attached hydrogen (secondary N) is 1. The molecule has 0 amide bonds. The molecule has 0 spiro atoms. The van der Waals surface area contributed by atoms with Crippen LogP contribution in [0.4, 0.5) is 27.5 Å². The van der Waals surface area contributed by atoms with E-state index in [0.717, 1.165) is 6.20 Å². The molecule has 1 heterocycles. The van der Waals surface area contributed by atoms with Gasteiger partial charge in [-0.2, -0.15) is 4.98 Å². The average Bonchev–Trinajstić information content (AvgIpc) is 2.47. The molecular formula is C13H14FN5O2. The van der Waals surface area contributed by atoms with Crippen LogP contribution in [0, 0.1) is 15.9 Å². The molecule has 0 aliphatic rings. The number of nitrogens with zero attached hydrogens (tertiary/aromatic N) is 4. The van der Waals surface area contributed by atoms with Crippen molar-refractivity contribution >= 4 is 23.1 Å². The van der Waals surface area contributed by atoms with Crippen molar-refractivity contribution in [3.63, 3.8) is 0 Å². The summed E-state index contributed by atoms with van der Waals surface area (Å²) < 4.78 is 13.4. The summed E-state index contributed by atoms with van der Waals surface area (Å²) in [7, 11) is 1.61. The van der Waals surface area contributed by atoms with Gasteiger partial charge in [0, 0.05) is 19.3 Å². The summed E-state index contributed by atoms with van der Waals surface area (Å²) in [6.07, 6.45) is 1.14. The van der Waals surface area contributed by atoms with Gasteiger partial charge in [-0.25, -0.2) is 9.37 Å². The quantitative estimate of drug-likeness (QED) is 0.673. The van der Waals surface area contributed by atoms with Crippen LogP contribution in [0.3, 0.4) is 0 Å². The van der Waals surface area contributed by atoms with E-state index in [2.05, 4.69) is 15.3 Å². The fraction of sp³-hybridized carbons (Fsp3) is 0.231. The van der Waals surface area contributed by atoms with Gasteiger partial charge in [0.25, 0.3) is 0 Å². The average molecular weight is 291 g/mol. The van der Waals surface area contributed by atoms with Gasteiger partial charge >= 0.3 is 5.69 Å². The lowest BCUT2D eigenvalue weighted by Crippen LogP contribution is -2.19. The van der Waals surface area contributed by atoms with Crippen LogP contribution in [0.25, 0.3) is 0 Å². The standard InChI is InChI=1S/C13H14FN5O2/c1-3-18(10-6-4-5-9(14)7-10)12-11(19(20)21)8-16-13(15-2)17-12/h4-8H,3H2,1-2H3,(H,15,16,17). The smallest absolute Gasteiger partial charge is 0.330 e. The highest BCUT2D eigenvalue weighted by Gasteiger charge is 2.23. The van der Waals surface area contributed by atoms with Crippen molar-refractivity contribution in [3.05, 3.63) is 46.4 Å². The normalized spacial score (nSPS) is 10.2. The summed E-state index contributed by atoms with van der Waals surface area (Å²) in [4.78, 5) is 20.1. The van der Waals surface area contributed by atoms with Gasteiger partial charge in [-0.05, 0) is 25.1 Å². The number of nitro groups is 1. The van der Waals surface area contributed by atoms with Crippen LogP contribution in [0.15, 0.2) is 30.5 Å². The maximum atomic E-state index is 13.4. The summed E-state index contributed by atoms with van der Waals surface area (Å²) in [6.45, 7) is 2.19. The van der Waals surface area contributed by atoms with Crippen LogP contribution in [-0.2, 0) is 0 Å². The third kappa shape index (κ3) is 3.04. The number of benzene rings is 1. The van der Waals surface area contributed by atoms with Crippen LogP contribution in [0.5, 0.6) is 0 Å². The van der Waals surface area contributed by atoms with Crippen LogP contribution in [0.1, 0.15) is 6.92 Å². The van der Waals surface area contributed by atoms with Crippen LogP contribution in [0.2, 0.25) is 0 Å². The highest BCUT2D eigenvalue weighted by atomic mass is 19.1. The van der Waals surface area contributed by atoms with E-state index in [4.69, 9.17) is 0 Å². The highest BCUT2D eigenvalue weighted by molar-refractivity contribution is 5.68. The molecular weight excluding hydrogens is 277 g/mol. The van der Waals surface area contributed by atoms with Gasteiger partial charge in [-0.15, -0.1) is 0 Å². The molecule has 0 atom stereocenters. The number of hydrogen-bond acceptors (Lipinski definition) is 6. The number of hydrogen-bond donors (Lipinski definition) is 1. The molecule has 0 saturated carbocycles. The summed E-state index contributed by atoms with van der Waals surface area (Å²) in [5.74, 6) is -0.0468. The predicted molar refractivity (Wildman–Crippen MR) is 77.3 cm³/mol. The van der Waals surface area contributed by atoms with Gasteiger partial charge in [0.1, 0.15) is 12.0 Å². The SMILES string of the molecule is CCN(c1cccc(F)c1)c1nc(NC)ncc1[N+](=O)[O-]. The first-order valence-electron chi connectivity index (χ1n) is 6.29. The Hall–Kier alpha value is -2.77. The fourth-order valence-electron chi connectivity index (χ4n) is 1.91. The Morgan fingerprint density at radius 2 is 2.24 bits per heavy atom. The third-order valence-electron chi connectivity index (χ3n) is 2.86. The third-order valence-corrected chi connectivity index (χ3v) is 2.86. The molecule has 1 aromatic heterocycles. The largest absolute Gasteiger partial charge is 0.357 e. The molecule has 8 heteroatoms. The second-order valence-electron chi connectivity index (χ2n) is 4.13. The zero-order valence-electron chi connectivity index (χ0n) is 11.6. The predicted octanol–water partition coefficient (Wildman–Crippen LogP) is 2.72. The van der Waals surface area contributed by atoms with Gasteiger partial charge in [-0.3, -0.25) is 10.1 Å². The monoisotopic (exact) mass is 291 g/mol. The minimum Gasteiger partial charge on any atom is -0.357 e. The molecule has 0 fully saturated rings. The fourth-order valence-corrected chi connectivity index (χ4v) is 1.91. The lowest BCUT2D eigenvalue weighted by Gasteiger charge is -2.22. The van der Waals surface area contributed by atoms with E-state index < -0.39 is 10.7 Å². The van der Waals surface area contributed by atoms with Gasteiger partial charge in [0.15, 0.2) is 0 Å². The van der Waals surface area contributed by atoms with Crippen LogP contribution in [-0.4, -0.2) is 28.5 Å². The maximum absolute atomic E-state index is 13.4. The molecule has 21 heavy (non-hydrogen) atoms. The zero-order valence-corrected chi connectivity index (χ0v) is 11.6. The van der Waals surface area contributed by atoms with Crippen molar-refractivity contribution in [1.29, 1.82) is 0 Å². The minimum atomic E-state index is -0.559. The maximum Gasteiger partial charge on any atom is 0.330 e. The van der Waals surface area contributed by atoms with E-state index in [9.17, 15) is 14.5 Å². The Labute approximate surface area is 120 Å². The summed E-state index contributed by atoms with van der Waals surface area (Å²) >= 11 is 0. The Kier molecular flexibility index (Phi) is 4.27. The van der Waals surface area contributed by atoms with Gasteiger partial charge < -0.3 is 10.2 Å². The highest BCUT2D eigenvalue weighted by Crippen LogP contribution is 2.32. The molecule has 110 valence electrons. The molecule has 0 aliphatic heterocycles. The first-order valence-corrected chi connectivity index (χ1v) is 6.29. The molecule has 0 aliphatic carbocycles. The topological polar surface area (TPSA) is 84.2 Å². The molecule has 0 saturated heterocycles. The van der Waals surface area contributed by atoms with E-state index in [1.165, 1.54) is 12.1 Å². The Morgan fingerprint density at radius 1 is 1.48 bits per heavy atom. The van der Waals surface area contributed by atoms with Gasteiger partial charge in [-0.1, -0.05) is 6.07 Å². The van der Waals surface area contributed by atoms with Crippen LogP contribution >= 0.6 is 0 Å². The van der Waals surface area contributed by atoms with E-state index >= 15 is 0 Å². The molecule has 0 radical (unpaired) electrons. The molecule has 1 aromatic carbocycles. The van der Waals surface area contributed by atoms with Crippen LogP contribution < -0.4 is 10.2 Å². The van der Waals surface area contributed by atoms with Crippen molar-refractivity contribution in [2.75, 3.05) is 23.8 Å². The summed E-state index contributed by atoms with van der Waals surface area (Å²) in [6, 6.07) is 5.82. The van der Waals surface area contributed by atoms with E-state index in [-0.39, 0.29) is 17.5 Å². The summed E-state index contributed by atoms with van der Waals surface area (Å²) in [5, 5.41) is 13.9. The number of rotatable bonds is 5. The molecule has 1 N–H and O–H groups in total. The first-order chi connectivity index (χ1) is 10.1. The van der Waals surface area contributed by atoms with Gasteiger partial charge in [0.2, 0.25) is 11.8 Å². The lowest BCUT2D eigenvalue weighted by molar-refractivity contribution is -0.384.